The van der Waals surface area contributed by atoms with Crippen LogP contribution in [0.4, 0.5) is 14.6 Å². The summed E-state index contributed by atoms with van der Waals surface area (Å²) in [6.07, 6.45) is 1.47. The number of nitrogens with one attached hydrogen (secondary N) is 1. The Morgan fingerprint density at radius 1 is 1.00 bits per heavy atom. The molecule has 0 aliphatic carbocycles. The second-order valence-corrected chi connectivity index (χ2v) is 5.73. The lowest BCUT2D eigenvalue weighted by molar-refractivity contribution is 0.507. The van der Waals surface area contributed by atoms with Crippen molar-refractivity contribution in [3.63, 3.8) is 0 Å². The Kier molecular flexibility index (Phi) is 3.96. The number of nitrogens with zero attached hydrogens (tertiary/aromatic N) is 2. The van der Waals surface area contributed by atoms with Gasteiger partial charge in [0.25, 0.3) is 0 Å². The first kappa shape index (κ1) is 14.1. The molecule has 0 radical (unpaired) electrons. The lowest BCUT2D eigenvalue weighted by Gasteiger charge is -2.09. The molecule has 0 saturated carbocycles. The maximum Gasteiger partial charge on any atom is 0.159 e. The summed E-state index contributed by atoms with van der Waals surface area (Å²) < 4.78 is 27.2. The fraction of sp³-hybridized carbons (Fsp3) is 0.0667. The van der Waals surface area contributed by atoms with Gasteiger partial charge in [-0.05, 0) is 58.5 Å². The summed E-state index contributed by atoms with van der Waals surface area (Å²) in [6, 6.07) is 9.70. The zero-order valence-corrected chi connectivity index (χ0v) is 12.9. The van der Waals surface area contributed by atoms with Gasteiger partial charge >= 0.3 is 0 Å². The van der Waals surface area contributed by atoms with Crippen molar-refractivity contribution in [2.45, 2.75) is 6.54 Å². The summed E-state index contributed by atoms with van der Waals surface area (Å²) in [5.41, 5.74) is 1.48. The van der Waals surface area contributed by atoms with Gasteiger partial charge in [-0.25, -0.2) is 18.7 Å². The zero-order chi connectivity index (χ0) is 14.8. The Hall–Kier alpha value is -1.83. The number of rotatable bonds is 3. The first-order chi connectivity index (χ1) is 10.1. The fourth-order valence-corrected chi connectivity index (χ4v) is 2.50. The molecule has 0 saturated heterocycles. The maximum atomic E-state index is 13.2. The second kappa shape index (κ2) is 5.88. The van der Waals surface area contributed by atoms with E-state index < -0.39 is 11.6 Å². The minimum atomic E-state index is -0.851. The average Bonchev–Trinajstić information content (AvgIpc) is 2.48. The lowest BCUT2D eigenvalue weighted by Crippen LogP contribution is -2.03. The van der Waals surface area contributed by atoms with Crippen LogP contribution in [-0.2, 0) is 6.54 Å². The van der Waals surface area contributed by atoms with Gasteiger partial charge in [0, 0.05) is 15.5 Å². The molecular weight excluding hydrogens is 387 g/mol. The minimum Gasteiger partial charge on any atom is -0.365 e. The van der Waals surface area contributed by atoms with Crippen molar-refractivity contribution in [2.24, 2.45) is 0 Å². The molecule has 0 atom stereocenters. The maximum absolute atomic E-state index is 13.2. The Morgan fingerprint density at radius 2 is 1.86 bits per heavy atom. The normalized spacial score (nSPS) is 10.8. The second-order valence-electron chi connectivity index (χ2n) is 4.49. The van der Waals surface area contributed by atoms with Crippen molar-refractivity contribution < 1.29 is 8.78 Å². The molecule has 3 aromatic rings. The van der Waals surface area contributed by atoms with Crippen molar-refractivity contribution >= 4 is 39.3 Å². The van der Waals surface area contributed by atoms with Crippen LogP contribution in [0.15, 0.2) is 42.7 Å². The number of hydrogen-bond acceptors (Lipinski definition) is 3. The zero-order valence-electron chi connectivity index (χ0n) is 10.8. The number of halogens is 3. The highest BCUT2D eigenvalue weighted by Crippen LogP contribution is 2.22. The monoisotopic (exact) mass is 397 g/mol. The summed E-state index contributed by atoms with van der Waals surface area (Å²) in [5.74, 6) is -1.03. The Morgan fingerprint density at radius 3 is 2.67 bits per heavy atom. The molecule has 106 valence electrons. The molecule has 21 heavy (non-hydrogen) atoms. The summed E-state index contributed by atoms with van der Waals surface area (Å²) in [6.45, 7) is 0.356. The molecule has 0 aliphatic rings. The highest BCUT2D eigenvalue weighted by atomic mass is 127. The van der Waals surface area contributed by atoms with Crippen molar-refractivity contribution in [3.8, 4) is 0 Å². The number of benzene rings is 2. The molecule has 6 heteroatoms. The van der Waals surface area contributed by atoms with Crippen LogP contribution in [0.5, 0.6) is 0 Å². The van der Waals surface area contributed by atoms with Crippen molar-refractivity contribution in [2.75, 3.05) is 5.32 Å². The molecule has 3 rings (SSSR count). The third-order valence-electron chi connectivity index (χ3n) is 3.04. The minimum absolute atomic E-state index is 0.356. The van der Waals surface area contributed by atoms with E-state index in [4.69, 9.17) is 0 Å². The summed E-state index contributed by atoms with van der Waals surface area (Å²) >= 11 is 2.22. The molecule has 0 unspecified atom stereocenters. The Labute approximate surface area is 133 Å². The SMILES string of the molecule is Fc1ccc(CNc2ncnc3ccc(I)cc23)cc1F. The van der Waals surface area contributed by atoms with Crippen LogP contribution in [0.1, 0.15) is 5.56 Å². The Bertz CT molecular complexity index is 808. The highest BCUT2D eigenvalue weighted by molar-refractivity contribution is 14.1. The van der Waals surface area contributed by atoms with Gasteiger partial charge in [-0.2, -0.15) is 0 Å². The lowest BCUT2D eigenvalue weighted by atomic mass is 10.2. The van der Waals surface area contributed by atoms with E-state index in [1.807, 2.05) is 18.2 Å². The Balaban J connectivity index is 1.88. The van der Waals surface area contributed by atoms with Gasteiger partial charge in [0.2, 0.25) is 0 Å². The third-order valence-corrected chi connectivity index (χ3v) is 3.71. The van der Waals surface area contributed by atoms with Gasteiger partial charge in [-0.3, -0.25) is 0 Å². The number of anilines is 1. The predicted molar refractivity (Wildman–Crippen MR) is 85.9 cm³/mol. The smallest absolute Gasteiger partial charge is 0.159 e. The fourth-order valence-electron chi connectivity index (χ4n) is 2.01. The van der Waals surface area contributed by atoms with Crippen LogP contribution < -0.4 is 5.32 Å². The van der Waals surface area contributed by atoms with Gasteiger partial charge in [0.1, 0.15) is 12.1 Å². The van der Waals surface area contributed by atoms with E-state index in [0.717, 1.165) is 20.5 Å². The van der Waals surface area contributed by atoms with E-state index >= 15 is 0 Å². The van der Waals surface area contributed by atoms with Crippen molar-refractivity contribution in [1.82, 2.24) is 9.97 Å². The molecule has 0 aliphatic heterocycles. The quantitative estimate of drug-likeness (QED) is 0.676. The van der Waals surface area contributed by atoms with Crippen LogP contribution >= 0.6 is 22.6 Å². The molecule has 0 spiro atoms. The number of hydrogen-bond donors (Lipinski definition) is 1. The molecular formula is C15H10F2IN3. The number of aromatic nitrogens is 2. The van der Waals surface area contributed by atoms with Gasteiger partial charge in [0.15, 0.2) is 11.6 Å². The van der Waals surface area contributed by atoms with Crippen LogP contribution in [0, 0.1) is 15.2 Å². The average molecular weight is 397 g/mol. The van der Waals surface area contributed by atoms with E-state index in [2.05, 4.69) is 37.9 Å². The topological polar surface area (TPSA) is 37.8 Å². The van der Waals surface area contributed by atoms with Gasteiger partial charge < -0.3 is 5.32 Å². The van der Waals surface area contributed by atoms with Crippen molar-refractivity contribution in [3.05, 3.63) is 63.5 Å². The third kappa shape index (κ3) is 3.10. The summed E-state index contributed by atoms with van der Waals surface area (Å²) in [7, 11) is 0. The highest BCUT2D eigenvalue weighted by Gasteiger charge is 2.06. The van der Waals surface area contributed by atoms with Crippen LogP contribution in [0.2, 0.25) is 0 Å². The molecule has 0 amide bonds. The van der Waals surface area contributed by atoms with E-state index in [-0.39, 0.29) is 0 Å². The van der Waals surface area contributed by atoms with Gasteiger partial charge in [0.05, 0.1) is 5.52 Å². The van der Waals surface area contributed by atoms with E-state index in [9.17, 15) is 8.78 Å². The molecule has 1 aromatic heterocycles. The first-order valence-electron chi connectivity index (χ1n) is 6.21. The molecule has 3 nitrogen and oxygen atoms in total. The predicted octanol–water partition coefficient (Wildman–Crippen LogP) is 4.12. The van der Waals surface area contributed by atoms with Crippen molar-refractivity contribution in [1.29, 1.82) is 0 Å². The van der Waals surface area contributed by atoms with E-state index in [1.165, 1.54) is 12.4 Å². The standard InChI is InChI=1S/C15H10F2IN3/c16-12-3-1-9(5-13(12)17)7-19-15-11-6-10(18)2-4-14(11)20-8-21-15/h1-6,8H,7H2,(H,19,20,21). The molecule has 1 N–H and O–H groups in total. The first-order valence-corrected chi connectivity index (χ1v) is 7.29. The molecule has 0 bridgehead atoms. The van der Waals surface area contributed by atoms with Crippen LogP contribution in [0.25, 0.3) is 10.9 Å². The van der Waals surface area contributed by atoms with Crippen LogP contribution in [0.3, 0.4) is 0 Å². The van der Waals surface area contributed by atoms with Gasteiger partial charge in [-0.1, -0.05) is 6.07 Å². The van der Waals surface area contributed by atoms with E-state index in [1.54, 1.807) is 6.07 Å². The molecule has 1 heterocycles. The van der Waals surface area contributed by atoms with E-state index in [0.29, 0.717) is 17.9 Å². The van der Waals surface area contributed by atoms with Crippen LogP contribution in [-0.4, -0.2) is 9.97 Å². The van der Waals surface area contributed by atoms with Gasteiger partial charge in [-0.15, -0.1) is 0 Å². The molecule has 0 fully saturated rings. The largest absolute Gasteiger partial charge is 0.365 e. The molecule has 2 aromatic carbocycles. The summed E-state index contributed by atoms with van der Waals surface area (Å²) in [5, 5.41) is 4.03. The summed E-state index contributed by atoms with van der Waals surface area (Å²) in [4.78, 5) is 8.41. The number of fused-ring (bicyclic) bond motifs is 1.